The summed E-state index contributed by atoms with van der Waals surface area (Å²) in [5.74, 6) is 6.25. The van der Waals surface area contributed by atoms with Crippen molar-refractivity contribution in [2.24, 2.45) is 5.84 Å². The van der Waals surface area contributed by atoms with Crippen LogP contribution < -0.4 is 16.6 Å². The maximum Gasteiger partial charge on any atom is 0.239 e. The zero-order valence-electron chi connectivity index (χ0n) is 9.54. The SMILES string of the molecule is Cc1cnc(NN)nc1Nc1ccc(Cl)c(Cl)c1. The fourth-order valence-electron chi connectivity index (χ4n) is 1.35. The average molecular weight is 284 g/mol. The van der Waals surface area contributed by atoms with E-state index in [4.69, 9.17) is 29.0 Å². The van der Waals surface area contributed by atoms with Gasteiger partial charge in [-0.1, -0.05) is 23.2 Å². The molecule has 0 unspecified atom stereocenters. The van der Waals surface area contributed by atoms with Crippen LogP contribution in [0.5, 0.6) is 0 Å². The fraction of sp³-hybridized carbons (Fsp3) is 0.0909. The molecular formula is C11H11Cl2N5. The summed E-state index contributed by atoms with van der Waals surface area (Å²) in [5.41, 5.74) is 4.07. The van der Waals surface area contributed by atoms with Crippen molar-refractivity contribution in [3.05, 3.63) is 40.0 Å². The van der Waals surface area contributed by atoms with Gasteiger partial charge in [0.1, 0.15) is 5.82 Å². The number of hydrazine groups is 1. The smallest absolute Gasteiger partial charge is 0.239 e. The lowest BCUT2D eigenvalue weighted by molar-refractivity contribution is 1.09. The van der Waals surface area contributed by atoms with Crippen molar-refractivity contribution in [2.45, 2.75) is 6.92 Å². The fourth-order valence-corrected chi connectivity index (χ4v) is 1.65. The second-order valence-electron chi connectivity index (χ2n) is 3.62. The lowest BCUT2D eigenvalue weighted by Crippen LogP contribution is -2.11. The predicted octanol–water partition coefficient (Wildman–Crippen LogP) is 3.12. The van der Waals surface area contributed by atoms with Gasteiger partial charge in [0.05, 0.1) is 10.0 Å². The van der Waals surface area contributed by atoms with Gasteiger partial charge >= 0.3 is 0 Å². The Hall–Kier alpha value is -1.56. The van der Waals surface area contributed by atoms with Crippen molar-refractivity contribution in [1.29, 1.82) is 0 Å². The van der Waals surface area contributed by atoms with Gasteiger partial charge in [-0.25, -0.2) is 10.8 Å². The van der Waals surface area contributed by atoms with Crippen LogP contribution in [-0.2, 0) is 0 Å². The molecule has 7 heteroatoms. The molecule has 0 saturated carbocycles. The Bertz CT molecular complexity index is 573. The Morgan fingerprint density at radius 2 is 2.00 bits per heavy atom. The summed E-state index contributed by atoms with van der Waals surface area (Å²) in [6.07, 6.45) is 1.67. The highest BCUT2D eigenvalue weighted by atomic mass is 35.5. The molecular weight excluding hydrogens is 273 g/mol. The van der Waals surface area contributed by atoms with E-state index >= 15 is 0 Å². The molecule has 0 aliphatic heterocycles. The normalized spacial score (nSPS) is 10.2. The van der Waals surface area contributed by atoms with E-state index in [1.165, 1.54) is 0 Å². The first kappa shape index (κ1) is 12.9. The van der Waals surface area contributed by atoms with Crippen molar-refractivity contribution in [3.8, 4) is 0 Å². The van der Waals surface area contributed by atoms with Gasteiger partial charge in [-0.05, 0) is 25.1 Å². The maximum absolute atomic E-state index is 5.94. The van der Waals surface area contributed by atoms with E-state index in [1.807, 2.05) is 13.0 Å². The van der Waals surface area contributed by atoms with Crippen molar-refractivity contribution in [3.63, 3.8) is 0 Å². The van der Waals surface area contributed by atoms with E-state index in [9.17, 15) is 0 Å². The first-order chi connectivity index (χ1) is 8.60. The average Bonchev–Trinajstić information content (AvgIpc) is 2.36. The molecule has 4 N–H and O–H groups in total. The van der Waals surface area contributed by atoms with Gasteiger partial charge in [0, 0.05) is 17.4 Å². The van der Waals surface area contributed by atoms with E-state index in [0.717, 1.165) is 11.3 Å². The molecule has 18 heavy (non-hydrogen) atoms. The number of aryl methyl sites for hydroxylation is 1. The number of nitrogens with two attached hydrogens (primary N) is 1. The van der Waals surface area contributed by atoms with E-state index in [1.54, 1.807) is 18.3 Å². The number of hydrogen-bond donors (Lipinski definition) is 3. The molecule has 0 atom stereocenters. The molecule has 1 aromatic carbocycles. The first-order valence-corrected chi connectivity index (χ1v) is 5.88. The molecule has 2 aromatic rings. The summed E-state index contributed by atoms with van der Waals surface area (Å²) in [6, 6.07) is 5.25. The lowest BCUT2D eigenvalue weighted by Gasteiger charge is -2.10. The van der Waals surface area contributed by atoms with E-state index in [2.05, 4.69) is 20.7 Å². The number of aromatic nitrogens is 2. The van der Waals surface area contributed by atoms with E-state index in [-0.39, 0.29) is 0 Å². The van der Waals surface area contributed by atoms with Crippen LogP contribution in [-0.4, -0.2) is 9.97 Å². The Labute approximate surface area is 114 Å². The van der Waals surface area contributed by atoms with Crippen molar-refractivity contribution < 1.29 is 0 Å². The van der Waals surface area contributed by atoms with Gasteiger partial charge in [0.2, 0.25) is 5.95 Å². The Balaban J connectivity index is 2.30. The van der Waals surface area contributed by atoms with Crippen LogP contribution in [0.15, 0.2) is 24.4 Å². The number of benzene rings is 1. The second kappa shape index (κ2) is 5.39. The largest absolute Gasteiger partial charge is 0.340 e. The number of nitrogens with zero attached hydrogens (tertiary/aromatic N) is 2. The monoisotopic (exact) mass is 283 g/mol. The minimum absolute atomic E-state index is 0.336. The summed E-state index contributed by atoms with van der Waals surface area (Å²) in [4.78, 5) is 8.20. The highest BCUT2D eigenvalue weighted by Crippen LogP contribution is 2.27. The van der Waals surface area contributed by atoms with Crippen LogP contribution in [0.25, 0.3) is 0 Å². The van der Waals surface area contributed by atoms with Gasteiger partial charge in [0.15, 0.2) is 0 Å². The Morgan fingerprint density at radius 1 is 1.22 bits per heavy atom. The zero-order chi connectivity index (χ0) is 13.1. The summed E-state index contributed by atoms with van der Waals surface area (Å²) in [7, 11) is 0. The number of nitrogens with one attached hydrogen (secondary N) is 2. The van der Waals surface area contributed by atoms with E-state index in [0.29, 0.717) is 21.8 Å². The van der Waals surface area contributed by atoms with Crippen LogP contribution in [0.4, 0.5) is 17.5 Å². The number of nitrogen functional groups attached to an aromatic ring is 1. The van der Waals surface area contributed by atoms with Crippen LogP contribution in [0, 0.1) is 6.92 Å². The summed E-state index contributed by atoms with van der Waals surface area (Å²) in [6.45, 7) is 1.89. The second-order valence-corrected chi connectivity index (χ2v) is 4.44. The predicted molar refractivity (Wildman–Crippen MR) is 74.3 cm³/mol. The molecule has 2 rings (SSSR count). The molecule has 0 bridgehead atoms. The number of anilines is 3. The highest BCUT2D eigenvalue weighted by Gasteiger charge is 2.05. The van der Waals surface area contributed by atoms with Gasteiger partial charge in [0.25, 0.3) is 0 Å². The minimum Gasteiger partial charge on any atom is -0.340 e. The lowest BCUT2D eigenvalue weighted by atomic mass is 10.3. The molecule has 0 aliphatic rings. The molecule has 0 aliphatic carbocycles. The molecule has 1 aromatic heterocycles. The van der Waals surface area contributed by atoms with Crippen LogP contribution in [0.1, 0.15) is 5.56 Å². The number of hydrogen-bond acceptors (Lipinski definition) is 5. The number of halogens is 2. The number of rotatable bonds is 3. The zero-order valence-corrected chi connectivity index (χ0v) is 11.0. The Kier molecular flexibility index (Phi) is 3.86. The highest BCUT2D eigenvalue weighted by molar-refractivity contribution is 6.42. The first-order valence-electron chi connectivity index (χ1n) is 5.12. The molecule has 1 heterocycles. The molecule has 0 amide bonds. The molecule has 0 saturated heterocycles. The molecule has 0 spiro atoms. The maximum atomic E-state index is 5.94. The third kappa shape index (κ3) is 2.81. The summed E-state index contributed by atoms with van der Waals surface area (Å²) >= 11 is 11.8. The third-order valence-corrected chi connectivity index (χ3v) is 3.02. The van der Waals surface area contributed by atoms with Gasteiger partial charge < -0.3 is 5.32 Å². The quantitative estimate of drug-likeness (QED) is 0.596. The van der Waals surface area contributed by atoms with Crippen molar-refractivity contribution in [2.75, 3.05) is 10.7 Å². The van der Waals surface area contributed by atoms with Gasteiger partial charge in [-0.2, -0.15) is 4.98 Å². The summed E-state index contributed by atoms with van der Waals surface area (Å²) in [5, 5.41) is 4.11. The molecule has 94 valence electrons. The topological polar surface area (TPSA) is 75.9 Å². The third-order valence-electron chi connectivity index (χ3n) is 2.28. The van der Waals surface area contributed by atoms with Crippen LogP contribution in [0.2, 0.25) is 10.0 Å². The van der Waals surface area contributed by atoms with Gasteiger partial charge in [-0.3, -0.25) is 5.43 Å². The van der Waals surface area contributed by atoms with Crippen molar-refractivity contribution >= 4 is 40.7 Å². The molecule has 0 fully saturated rings. The Morgan fingerprint density at radius 3 is 2.67 bits per heavy atom. The molecule has 0 radical (unpaired) electrons. The summed E-state index contributed by atoms with van der Waals surface area (Å²) < 4.78 is 0. The minimum atomic E-state index is 0.336. The van der Waals surface area contributed by atoms with Crippen LogP contribution in [0.3, 0.4) is 0 Å². The van der Waals surface area contributed by atoms with Crippen molar-refractivity contribution in [1.82, 2.24) is 9.97 Å². The molecule has 5 nitrogen and oxygen atoms in total. The van der Waals surface area contributed by atoms with Crippen LogP contribution >= 0.6 is 23.2 Å². The van der Waals surface area contributed by atoms with E-state index < -0.39 is 0 Å². The van der Waals surface area contributed by atoms with Gasteiger partial charge in [-0.15, -0.1) is 0 Å². The standard InChI is InChI=1S/C11H11Cl2N5/c1-6-5-15-11(18-14)17-10(6)16-7-2-3-8(12)9(13)4-7/h2-5H,14H2,1H3,(H2,15,16,17,18).